The monoisotopic (exact) mass is 535 g/mol. The fourth-order valence-electron chi connectivity index (χ4n) is 3.75. The molecule has 0 aliphatic carbocycles. The normalized spacial score (nSPS) is 14.1. The predicted molar refractivity (Wildman–Crippen MR) is 140 cm³/mol. The molecule has 1 saturated heterocycles. The molecule has 0 N–H and O–H groups in total. The van der Waals surface area contributed by atoms with Gasteiger partial charge in [0.1, 0.15) is 6.61 Å². The first-order chi connectivity index (χ1) is 18.3. The highest BCUT2D eigenvalue weighted by molar-refractivity contribution is 8.18. The number of thioether (sulfide) groups is 1. The summed E-state index contributed by atoms with van der Waals surface area (Å²) in [6, 6.07) is 17.1. The summed E-state index contributed by atoms with van der Waals surface area (Å²) in [7, 11) is 0. The van der Waals surface area contributed by atoms with Crippen LogP contribution in [0.1, 0.15) is 23.6 Å². The Morgan fingerprint density at radius 2 is 1.50 bits per heavy atom. The number of nitro benzene ring substituents is 2. The topological polar surface area (TPSA) is 142 Å². The summed E-state index contributed by atoms with van der Waals surface area (Å²) in [5.74, 6) is 0.151. The van der Waals surface area contributed by atoms with Crippen LogP contribution in [0.15, 0.2) is 71.6 Å². The Morgan fingerprint density at radius 3 is 2.16 bits per heavy atom. The van der Waals surface area contributed by atoms with Gasteiger partial charge in [-0.1, -0.05) is 36.4 Å². The smallest absolute Gasteiger partial charge is 0.293 e. The van der Waals surface area contributed by atoms with Gasteiger partial charge in [-0.25, -0.2) is 0 Å². The van der Waals surface area contributed by atoms with Crippen molar-refractivity contribution in [2.45, 2.75) is 20.1 Å². The molecule has 0 unspecified atom stereocenters. The molecule has 194 valence electrons. The first-order valence-corrected chi connectivity index (χ1v) is 12.2. The van der Waals surface area contributed by atoms with E-state index < -0.39 is 21.0 Å². The van der Waals surface area contributed by atoms with Crippen LogP contribution < -0.4 is 9.47 Å². The van der Waals surface area contributed by atoms with Crippen molar-refractivity contribution in [3.63, 3.8) is 0 Å². The van der Waals surface area contributed by atoms with Crippen molar-refractivity contribution in [1.29, 1.82) is 0 Å². The van der Waals surface area contributed by atoms with Crippen molar-refractivity contribution in [1.82, 2.24) is 4.90 Å². The number of hydrogen-bond acceptors (Lipinski definition) is 9. The lowest BCUT2D eigenvalue weighted by Crippen LogP contribution is -2.27. The van der Waals surface area contributed by atoms with Gasteiger partial charge in [0.25, 0.3) is 22.5 Å². The Bertz CT molecular complexity index is 1460. The van der Waals surface area contributed by atoms with Crippen molar-refractivity contribution in [3.05, 3.63) is 109 Å². The number of nitro groups is 2. The van der Waals surface area contributed by atoms with Crippen molar-refractivity contribution >= 4 is 40.4 Å². The third kappa shape index (κ3) is 5.81. The maximum absolute atomic E-state index is 13.0. The Labute approximate surface area is 221 Å². The molecule has 11 nitrogen and oxygen atoms in total. The maximum Gasteiger partial charge on any atom is 0.293 e. The lowest BCUT2D eigenvalue weighted by molar-refractivity contribution is -0.385. The van der Waals surface area contributed by atoms with Crippen LogP contribution in [0.25, 0.3) is 6.08 Å². The van der Waals surface area contributed by atoms with E-state index in [-0.39, 0.29) is 35.0 Å². The second-order valence-corrected chi connectivity index (χ2v) is 8.96. The van der Waals surface area contributed by atoms with Crippen LogP contribution in [0.4, 0.5) is 16.2 Å². The van der Waals surface area contributed by atoms with Gasteiger partial charge < -0.3 is 9.47 Å². The molecule has 1 aliphatic rings. The SMILES string of the molecule is CCOc1cc(/C=C2\SC(=O)N(Cc3ccccc3[N+](=O)[O-])C2=O)ccc1OCc1ccccc1[N+](=O)[O-]. The summed E-state index contributed by atoms with van der Waals surface area (Å²) in [6.45, 7) is 1.83. The molecule has 38 heavy (non-hydrogen) atoms. The number of para-hydroxylation sites is 2. The molecular weight excluding hydrogens is 514 g/mol. The number of ether oxygens (including phenoxy) is 2. The number of amides is 2. The lowest BCUT2D eigenvalue weighted by Gasteiger charge is -2.13. The van der Waals surface area contributed by atoms with Crippen LogP contribution >= 0.6 is 11.8 Å². The predicted octanol–water partition coefficient (Wildman–Crippen LogP) is 5.72. The zero-order chi connectivity index (χ0) is 27.2. The molecule has 0 atom stereocenters. The van der Waals surface area contributed by atoms with E-state index >= 15 is 0 Å². The number of benzene rings is 3. The third-order valence-corrected chi connectivity index (χ3v) is 6.43. The van der Waals surface area contributed by atoms with E-state index in [9.17, 15) is 29.8 Å². The molecule has 0 saturated carbocycles. The molecule has 4 rings (SSSR count). The minimum atomic E-state index is -0.562. The van der Waals surface area contributed by atoms with Crippen LogP contribution in [-0.4, -0.2) is 32.5 Å². The van der Waals surface area contributed by atoms with Gasteiger partial charge in [-0.2, -0.15) is 0 Å². The first-order valence-electron chi connectivity index (χ1n) is 11.4. The third-order valence-electron chi connectivity index (χ3n) is 5.53. The van der Waals surface area contributed by atoms with E-state index in [0.717, 1.165) is 16.7 Å². The fourth-order valence-corrected chi connectivity index (χ4v) is 4.59. The summed E-state index contributed by atoms with van der Waals surface area (Å²) < 4.78 is 11.5. The number of carbonyl (C=O) groups is 2. The first kappa shape index (κ1) is 26.4. The van der Waals surface area contributed by atoms with Gasteiger partial charge in [0.2, 0.25) is 0 Å². The van der Waals surface area contributed by atoms with E-state index in [1.165, 1.54) is 30.3 Å². The van der Waals surface area contributed by atoms with Crippen LogP contribution in [0.3, 0.4) is 0 Å². The molecule has 1 fully saturated rings. The Kier molecular flexibility index (Phi) is 8.02. The fraction of sp³-hybridized carbons (Fsp3) is 0.154. The molecule has 1 aliphatic heterocycles. The molecule has 3 aromatic carbocycles. The van der Waals surface area contributed by atoms with Crippen molar-refractivity contribution < 1.29 is 28.9 Å². The van der Waals surface area contributed by atoms with Crippen LogP contribution in [0.5, 0.6) is 11.5 Å². The number of rotatable bonds is 10. The average molecular weight is 536 g/mol. The molecule has 3 aromatic rings. The minimum Gasteiger partial charge on any atom is -0.490 e. The Morgan fingerprint density at radius 1 is 0.868 bits per heavy atom. The highest BCUT2D eigenvalue weighted by Crippen LogP contribution is 2.36. The molecular formula is C26H21N3O8S. The minimum absolute atomic E-state index is 0.0545. The number of nitrogens with zero attached hydrogens (tertiary/aromatic N) is 3. The summed E-state index contributed by atoms with van der Waals surface area (Å²) >= 11 is 0.738. The highest BCUT2D eigenvalue weighted by Gasteiger charge is 2.36. The molecule has 0 radical (unpaired) electrons. The van der Waals surface area contributed by atoms with Crippen LogP contribution in [0.2, 0.25) is 0 Å². The standard InChI is InChI=1S/C26H21N3O8S/c1-2-36-23-13-17(11-12-22(23)37-16-19-8-4-6-10-21(19)29(34)35)14-24-25(30)27(26(31)38-24)15-18-7-3-5-9-20(18)28(32)33/h3-14H,2,15-16H2,1H3/b24-14-. The molecule has 2 amide bonds. The van der Waals surface area contributed by atoms with Gasteiger partial charge >= 0.3 is 0 Å². The Hall–Kier alpha value is -4.71. The van der Waals surface area contributed by atoms with Gasteiger partial charge in [-0.3, -0.25) is 34.7 Å². The highest BCUT2D eigenvalue weighted by atomic mass is 32.2. The van der Waals surface area contributed by atoms with Crippen LogP contribution in [-0.2, 0) is 17.9 Å². The summed E-state index contributed by atoms with van der Waals surface area (Å²) in [4.78, 5) is 48.2. The largest absolute Gasteiger partial charge is 0.490 e. The van der Waals surface area contributed by atoms with Crippen molar-refractivity contribution in [2.75, 3.05) is 6.61 Å². The molecule has 0 aromatic heterocycles. The van der Waals surface area contributed by atoms with E-state index in [0.29, 0.717) is 29.2 Å². The Balaban J connectivity index is 1.54. The molecule has 12 heteroatoms. The maximum atomic E-state index is 13.0. The van der Waals surface area contributed by atoms with E-state index in [2.05, 4.69) is 0 Å². The number of carbonyl (C=O) groups excluding carboxylic acids is 2. The average Bonchev–Trinajstić information content (AvgIpc) is 3.16. The molecule has 1 heterocycles. The van der Waals surface area contributed by atoms with Gasteiger partial charge in [0, 0.05) is 17.7 Å². The van der Waals surface area contributed by atoms with E-state index in [1.54, 1.807) is 49.4 Å². The lowest BCUT2D eigenvalue weighted by atomic mass is 10.1. The second-order valence-electron chi connectivity index (χ2n) is 7.97. The number of hydrogen-bond donors (Lipinski definition) is 0. The van der Waals surface area contributed by atoms with E-state index in [1.807, 2.05) is 0 Å². The molecule has 0 bridgehead atoms. The van der Waals surface area contributed by atoms with E-state index in [4.69, 9.17) is 9.47 Å². The summed E-state index contributed by atoms with van der Waals surface area (Å²) in [5.41, 5.74) is 0.978. The summed E-state index contributed by atoms with van der Waals surface area (Å²) in [5, 5.41) is 22.0. The van der Waals surface area contributed by atoms with Gasteiger partial charge in [-0.05, 0) is 48.5 Å². The van der Waals surface area contributed by atoms with Gasteiger partial charge in [-0.15, -0.1) is 0 Å². The zero-order valence-electron chi connectivity index (χ0n) is 20.1. The molecule has 0 spiro atoms. The van der Waals surface area contributed by atoms with Gasteiger partial charge in [0.15, 0.2) is 11.5 Å². The van der Waals surface area contributed by atoms with Gasteiger partial charge in [0.05, 0.1) is 33.5 Å². The number of imide groups is 1. The second kappa shape index (κ2) is 11.6. The zero-order valence-corrected chi connectivity index (χ0v) is 20.9. The van der Waals surface area contributed by atoms with Crippen LogP contribution in [0, 0.1) is 20.2 Å². The van der Waals surface area contributed by atoms with Crippen molar-refractivity contribution in [2.24, 2.45) is 0 Å². The van der Waals surface area contributed by atoms with Crippen molar-refractivity contribution in [3.8, 4) is 11.5 Å². The quantitative estimate of drug-likeness (QED) is 0.181. The summed E-state index contributed by atoms with van der Waals surface area (Å²) in [6.07, 6.45) is 1.53.